The summed E-state index contributed by atoms with van der Waals surface area (Å²) in [4.78, 5) is 14.7. The molecule has 124 valence electrons. The average Bonchev–Trinajstić information content (AvgIpc) is 2.80. The SMILES string of the molecule is CC1CN(C(=O)c2ccc3c(c2)CCCO3)CC1(O)C1CCC1. The molecule has 2 unspecified atom stereocenters. The van der Waals surface area contributed by atoms with Gasteiger partial charge in [0.2, 0.25) is 0 Å². The molecule has 4 nitrogen and oxygen atoms in total. The Hall–Kier alpha value is -1.55. The number of benzene rings is 1. The standard InChI is InChI=1S/C19H25NO3/c1-13-11-20(12-19(13,22)16-5-2-6-16)18(21)15-7-8-17-14(10-15)4-3-9-23-17/h7-8,10,13,16,22H,2-6,9,11-12H2,1H3. The predicted octanol–water partition coefficient (Wildman–Crippen LogP) is 2.63. The summed E-state index contributed by atoms with van der Waals surface area (Å²) in [7, 11) is 0. The molecule has 2 atom stereocenters. The van der Waals surface area contributed by atoms with Crippen LogP contribution in [0.4, 0.5) is 0 Å². The monoisotopic (exact) mass is 315 g/mol. The Morgan fingerprint density at radius 1 is 1.35 bits per heavy atom. The van der Waals surface area contributed by atoms with Crippen molar-refractivity contribution in [3.8, 4) is 5.75 Å². The number of rotatable bonds is 2. The van der Waals surface area contributed by atoms with Crippen LogP contribution in [0.1, 0.15) is 48.5 Å². The van der Waals surface area contributed by atoms with Crippen LogP contribution in [0, 0.1) is 11.8 Å². The van der Waals surface area contributed by atoms with Gasteiger partial charge in [-0.15, -0.1) is 0 Å². The van der Waals surface area contributed by atoms with Crippen molar-refractivity contribution in [3.05, 3.63) is 29.3 Å². The largest absolute Gasteiger partial charge is 0.493 e. The average molecular weight is 315 g/mol. The van der Waals surface area contributed by atoms with Gasteiger partial charge in [0.15, 0.2) is 0 Å². The molecule has 2 heterocycles. The molecule has 1 saturated carbocycles. The number of likely N-dealkylation sites (tertiary alicyclic amines) is 1. The molecule has 3 aliphatic rings. The number of hydrogen-bond acceptors (Lipinski definition) is 3. The van der Waals surface area contributed by atoms with Crippen LogP contribution in [0.5, 0.6) is 5.75 Å². The Bertz CT molecular complexity index is 625. The van der Waals surface area contributed by atoms with E-state index in [-0.39, 0.29) is 11.8 Å². The number of fused-ring (bicyclic) bond motifs is 1. The predicted molar refractivity (Wildman–Crippen MR) is 87.6 cm³/mol. The lowest BCUT2D eigenvalue weighted by Gasteiger charge is -2.41. The molecule has 0 spiro atoms. The van der Waals surface area contributed by atoms with E-state index in [0.29, 0.717) is 19.0 Å². The van der Waals surface area contributed by atoms with Gasteiger partial charge in [0.1, 0.15) is 5.75 Å². The minimum absolute atomic E-state index is 0.0421. The molecule has 1 aromatic carbocycles. The van der Waals surface area contributed by atoms with E-state index in [1.165, 1.54) is 6.42 Å². The number of ether oxygens (including phenoxy) is 1. The van der Waals surface area contributed by atoms with Gasteiger partial charge in [-0.05, 0) is 55.4 Å². The second-order valence-corrected chi connectivity index (χ2v) is 7.48. The quantitative estimate of drug-likeness (QED) is 0.913. The van der Waals surface area contributed by atoms with Crippen LogP contribution in [0.3, 0.4) is 0 Å². The molecule has 0 bridgehead atoms. The first-order chi connectivity index (χ1) is 11.1. The number of aliphatic hydroxyl groups is 1. The van der Waals surface area contributed by atoms with Gasteiger partial charge in [0.05, 0.1) is 18.8 Å². The summed E-state index contributed by atoms with van der Waals surface area (Å²) in [5.41, 5.74) is 1.16. The highest BCUT2D eigenvalue weighted by Gasteiger charge is 2.51. The van der Waals surface area contributed by atoms with Crippen LogP contribution in [-0.2, 0) is 6.42 Å². The zero-order chi connectivity index (χ0) is 16.0. The normalized spacial score (nSPS) is 30.5. The van der Waals surface area contributed by atoms with E-state index in [2.05, 4.69) is 6.92 Å². The molecule has 1 aliphatic carbocycles. The van der Waals surface area contributed by atoms with Crippen molar-refractivity contribution < 1.29 is 14.6 Å². The number of carbonyl (C=O) groups is 1. The van der Waals surface area contributed by atoms with E-state index in [4.69, 9.17) is 4.74 Å². The summed E-state index contributed by atoms with van der Waals surface area (Å²) in [5.74, 6) is 1.47. The number of nitrogens with zero attached hydrogens (tertiary/aromatic N) is 1. The first-order valence-corrected chi connectivity index (χ1v) is 8.85. The minimum Gasteiger partial charge on any atom is -0.493 e. The highest BCUT2D eigenvalue weighted by Crippen LogP contribution is 2.44. The second kappa shape index (κ2) is 5.52. The molecule has 4 rings (SSSR count). The van der Waals surface area contributed by atoms with Crippen molar-refractivity contribution in [2.24, 2.45) is 11.8 Å². The lowest BCUT2D eigenvalue weighted by molar-refractivity contribution is -0.0660. The minimum atomic E-state index is -0.689. The highest BCUT2D eigenvalue weighted by atomic mass is 16.5. The van der Waals surface area contributed by atoms with E-state index in [9.17, 15) is 9.90 Å². The zero-order valence-electron chi connectivity index (χ0n) is 13.8. The Balaban J connectivity index is 1.53. The molecule has 4 heteroatoms. The van der Waals surface area contributed by atoms with Gasteiger partial charge in [0.25, 0.3) is 5.91 Å². The maximum absolute atomic E-state index is 12.9. The summed E-state index contributed by atoms with van der Waals surface area (Å²) < 4.78 is 5.62. The molecular formula is C19H25NO3. The van der Waals surface area contributed by atoms with Crippen LogP contribution in [0.2, 0.25) is 0 Å². The van der Waals surface area contributed by atoms with Gasteiger partial charge in [-0.2, -0.15) is 0 Å². The van der Waals surface area contributed by atoms with E-state index in [1.54, 1.807) is 0 Å². The van der Waals surface area contributed by atoms with Crippen molar-refractivity contribution in [1.82, 2.24) is 4.90 Å². The van der Waals surface area contributed by atoms with Crippen molar-refractivity contribution in [1.29, 1.82) is 0 Å². The van der Waals surface area contributed by atoms with Crippen molar-refractivity contribution in [3.63, 3.8) is 0 Å². The lowest BCUT2D eigenvalue weighted by atomic mass is 9.69. The number of β-amino-alcohol motifs (C(OH)–C–C–N with tert-alkyl or cyclic N) is 1. The molecule has 23 heavy (non-hydrogen) atoms. The van der Waals surface area contributed by atoms with Gasteiger partial charge in [-0.3, -0.25) is 4.79 Å². The van der Waals surface area contributed by atoms with Gasteiger partial charge < -0.3 is 14.7 Å². The Morgan fingerprint density at radius 3 is 2.91 bits per heavy atom. The van der Waals surface area contributed by atoms with Crippen LogP contribution < -0.4 is 4.74 Å². The molecule has 2 aliphatic heterocycles. The summed E-state index contributed by atoms with van der Waals surface area (Å²) in [5, 5.41) is 11.0. The summed E-state index contributed by atoms with van der Waals surface area (Å²) in [6.07, 6.45) is 5.38. The third-order valence-corrected chi connectivity index (χ3v) is 6.05. The third kappa shape index (κ3) is 2.44. The van der Waals surface area contributed by atoms with Gasteiger partial charge >= 0.3 is 0 Å². The molecule has 1 N–H and O–H groups in total. The van der Waals surface area contributed by atoms with Crippen LogP contribution in [0.15, 0.2) is 18.2 Å². The maximum atomic E-state index is 12.9. The number of hydrogen-bond donors (Lipinski definition) is 1. The molecule has 1 aromatic rings. The fourth-order valence-electron chi connectivity index (χ4n) is 4.29. The summed E-state index contributed by atoms with van der Waals surface area (Å²) in [6.45, 7) is 3.97. The van der Waals surface area contributed by atoms with Gasteiger partial charge in [-0.25, -0.2) is 0 Å². The first kappa shape index (κ1) is 15.0. The molecular weight excluding hydrogens is 290 g/mol. The molecule has 2 fully saturated rings. The maximum Gasteiger partial charge on any atom is 0.253 e. The zero-order valence-corrected chi connectivity index (χ0v) is 13.8. The fourth-order valence-corrected chi connectivity index (χ4v) is 4.29. The first-order valence-electron chi connectivity index (χ1n) is 8.85. The molecule has 0 radical (unpaired) electrons. The highest BCUT2D eigenvalue weighted by molar-refractivity contribution is 5.95. The number of carbonyl (C=O) groups excluding carboxylic acids is 1. The Labute approximate surface area is 137 Å². The molecule has 0 aromatic heterocycles. The van der Waals surface area contributed by atoms with Gasteiger partial charge in [0, 0.05) is 18.0 Å². The number of aryl methyl sites for hydroxylation is 1. The van der Waals surface area contributed by atoms with Gasteiger partial charge in [-0.1, -0.05) is 13.3 Å². The van der Waals surface area contributed by atoms with Crippen molar-refractivity contribution in [2.45, 2.75) is 44.6 Å². The van der Waals surface area contributed by atoms with E-state index < -0.39 is 5.60 Å². The van der Waals surface area contributed by atoms with Crippen LogP contribution in [0.25, 0.3) is 0 Å². The topological polar surface area (TPSA) is 49.8 Å². The van der Waals surface area contributed by atoms with E-state index in [1.807, 2.05) is 23.1 Å². The Morgan fingerprint density at radius 2 is 2.17 bits per heavy atom. The summed E-state index contributed by atoms with van der Waals surface area (Å²) >= 11 is 0. The lowest BCUT2D eigenvalue weighted by Crippen LogP contribution is -2.48. The number of amides is 1. The van der Waals surface area contributed by atoms with E-state index >= 15 is 0 Å². The van der Waals surface area contributed by atoms with Crippen LogP contribution in [-0.4, -0.2) is 41.2 Å². The van der Waals surface area contributed by atoms with Crippen molar-refractivity contribution in [2.75, 3.05) is 19.7 Å². The van der Waals surface area contributed by atoms with Crippen molar-refractivity contribution >= 4 is 5.91 Å². The third-order valence-electron chi connectivity index (χ3n) is 6.05. The fraction of sp³-hybridized carbons (Fsp3) is 0.632. The van der Waals surface area contributed by atoms with E-state index in [0.717, 1.165) is 49.2 Å². The Kier molecular flexibility index (Phi) is 3.60. The molecule has 1 saturated heterocycles. The van der Waals surface area contributed by atoms with Crippen LogP contribution >= 0.6 is 0 Å². The second-order valence-electron chi connectivity index (χ2n) is 7.48. The smallest absolute Gasteiger partial charge is 0.253 e. The molecule has 1 amide bonds. The summed E-state index contributed by atoms with van der Waals surface area (Å²) in [6, 6.07) is 5.75.